The summed E-state index contributed by atoms with van der Waals surface area (Å²) in [7, 11) is 1.69. The lowest BCUT2D eigenvalue weighted by Gasteiger charge is -2.10. The Morgan fingerprint density at radius 1 is 1.25 bits per heavy atom. The predicted molar refractivity (Wildman–Crippen MR) is 105 cm³/mol. The van der Waals surface area contributed by atoms with Gasteiger partial charge in [-0.3, -0.25) is 14.9 Å². The van der Waals surface area contributed by atoms with E-state index in [1.807, 2.05) is 31.2 Å². The molecule has 0 saturated carbocycles. The average molecular weight is 380 g/mol. The predicted octanol–water partition coefficient (Wildman–Crippen LogP) is 3.84. The van der Waals surface area contributed by atoms with Gasteiger partial charge in [-0.2, -0.15) is 0 Å². The maximum atomic E-state index is 12.6. The molecule has 0 bridgehead atoms. The Kier molecular flexibility index (Phi) is 5.81. The molecule has 1 N–H and O–H groups in total. The van der Waals surface area contributed by atoms with E-state index in [1.54, 1.807) is 23.9 Å². The lowest BCUT2D eigenvalue weighted by molar-refractivity contribution is -0.383. The molecule has 0 fully saturated rings. The molecule has 8 heteroatoms. The Balaban J connectivity index is 1.84. The lowest BCUT2D eigenvalue weighted by atomic mass is 10.1. The highest BCUT2D eigenvalue weighted by Crippen LogP contribution is 2.29. The molecule has 1 aromatic heterocycles. The number of nitrogens with one attached hydrogen (secondary N) is 1. The van der Waals surface area contributed by atoms with Crippen molar-refractivity contribution in [2.24, 2.45) is 7.05 Å². The zero-order valence-electron chi connectivity index (χ0n) is 15.6. The van der Waals surface area contributed by atoms with Crippen molar-refractivity contribution in [2.45, 2.75) is 13.5 Å². The molecular formula is C20H20N4O4. The van der Waals surface area contributed by atoms with Gasteiger partial charge in [-0.05, 0) is 36.8 Å². The number of hydrogen-bond donors (Lipinski definition) is 1. The van der Waals surface area contributed by atoms with Crippen LogP contribution in [0.15, 0.2) is 54.9 Å². The summed E-state index contributed by atoms with van der Waals surface area (Å²) in [5, 5.41) is 14.6. The molecule has 0 aliphatic carbocycles. The van der Waals surface area contributed by atoms with Gasteiger partial charge in [-0.25, -0.2) is 4.98 Å². The Hall–Kier alpha value is -3.52. The van der Waals surface area contributed by atoms with E-state index >= 15 is 0 Å². The highest BCUT2D eigenvalue weighted by molar-refractivity contribution is 6.07. The third-order valence-corrected chi connectivity index (χ3v) is 4.19. The summed E-state index contributed by atoms with van der Waals surface area (Å²) < 4.78 is 6.93. The molecule has 0 aliphatic rings. The van der Waals surface area contributed by atoms with Crippen LogP contribution in [0.5, 0.6) is 0 Å². The second-order valence-corrected chi connectivity index (χ2v) is 6.14. The standard InChI is InChI=1S/C20H20N4O4/c1-3-28-13-14-4-7-16(8-5-14)22-17-9-6-15(12-18(17)24(26)27)19(25)20-21-10-11-23(20)2/h4-12,22H,3,13H2,1-2H3. The van der Waals surface area contributed by atoms with E-state index in [9.17, 15) is 14.9 Å². The Morgan fingerprint density at radius 3 is 2.61 bits per heavy atom. The Labute approximate surface area is 161 Å². The van der Waals surface area contributed by atoms with Gasteiger partial charge in [0.2, 0.25) is 5.78 Å². The SMILES string of the molecule is CCOCc1ccc(Nc2ccc(C(=O)c3nccn3C)cc2[N+](=O)[O-])cc1. The number of nitro benzene ring substituents is 1. The largest absolute Gasteiger partial charge is 0.377 e. The Bertz CT molecular complexity index is 996. The maximum Gasteiger partial charge on any atom is 0.293 e. The first kappa shape index (κ1) is 19.2. The minimum Gasteiger partial charge on any atom is -0.377 e. The van der Waals surface area contributed by atoms with Gasteiger partial charge in [0.05, 0.1) is 11.5 Å². The number of aromatic nitrogens is 2. The van der Waals surface area contributed by atoms with Crippen LogP contribution in [0.2, 0.25) is 0 Å². The van der Waals surface area contributed by atoms with E-state index in [1.165, 1.54) is 18.3 Å². The van der Waals surface area contributed by atoms with Crippen molar-refractivity contribution in [1.29, 1.82) is 0 Å². The first-order chi connectivity index (χ1) is 13.5. The van der Waals surface area contributed by atoms with Crippen molar-refractivity contribution >= 4 is 22.8 Å². The van der Waals surface area contributed by atoms with E-state index in [0.717, 1.165) is 5.56 Å². The van der Waals surface area contributed by atoms with E-state index < -0.39 is 4.92 Å². The summed E-state index contributed by atoms with van der Waals surface area (Å²) in [5.74, 6) is -0.151. The number of carbonyl (C=O) groups excluding carboxylic acids is 1. The molecule has 3 rings (SSSR count). The normalized spacial score (nSPS) is 10.6. The number of benzene rings is 2. The topological polar surface area (TPSA) is 99.3 Å². The molecule has 0 radical (unpaired) electrons. The number of carbonyl (C=O) groups is 1. The van der Waals surface area contributed by atoms with Gasteiger partial charge in [0.1, 0.15) is 5.69 Å². The average Bonchev–Trinajstić information content (AvgIpc) is 3.13. The van der Waals surface area contributed by atoms with E-state index in [-0.39, 0.29) is 22.9 Å². The number of hydrogen-bond acceptors (Lipinski definition) is 6. The summed E-state index contributed by atoms with van der Waals surface area (Å²) in [5.41, 5.74) is 2.04. The second kappa shape index (κ2) is 8.45. The fourth-order valence-electron chi connectivity index (χ4n) is 2.70. The molecule has 0 atom stereocenters. The first-order valence-corrected chi connectivity index (χ1v) is 8.73. The third kappa shape index (κ3) is 4.24. The first-order valence-electron chi connectivity index (χ1n) is 8.73. The number of ketones is 1. The lowest BCUT2D eigenvalue weighted by Crippen LogP contribution is -2.09. The molecule has 0 aliphatic heterocycles. The molecule has 0 unspecified atom stereocenters. The molecule has 0 amide bonds. The van der Waals surface area contributed by atoms with Crippen LogP contribution in [0.3, 0.4) is 0 Å². The van der Waals surface area contributed by atoms with Crippen LogP contribution in [0.4, 0.5) is 17.1 Å². The number of imidazole rings is 1. The maximum absolute atomic E-state index is 12.6. The second-order valence-electron chi connectivity index (χ2n) is 6.14. The summed E-state index contributed by atoms with van der Waals surface area (Å²) in [6.07, 6.45) is 3.15. The molecule has 144 valence electrons. The van der Waals surface area contributed by atoms with Crippen LogP contribution in [0, 0.1) is 10.1 Å². The van der Waals surface area contributed by atoms with Gasteiger partial charge in [-0.15, -0.1) is 0 Å². The van der Waals surface area contributed by atoms with E-state index in [0.29, 0.717) is 24.6 Å². The molecule has 1 heterocycles. The molecule has 3 aromatic rings. The molecule has 28 heavy (non-hydrogen) atoms. The van der Waals surface area contributed by atoms with Crippen LogP contribution >= 0.6 is 0 Å². The monoisotopic (exact) mass is 380 g/mol. The highest BCUT2D eigenvalue weighted by Gasteiger charge is 2.20. The number of ether oxygens (including phenoxy) is 1. The number of aryl methyl sites for hydroxylation is 1. The van der Waals surface area contributed by atoms with Crippen LogP contribution < -0.4 is 5.32 Å². The summed E-state index contributed by atoms with van der Waals surface area (Å²) >= 11 is 0. The van der Waals surface area contributed by atoms with Crippen molar-refractivity contribution < 1.29 is 14.5 Å². The van der Waals surface area contributed by atoms with Crippen molar-refractivity contribution in [3.63, 3.8) is 0 Å². The van der Waals surface area contributed by atoms with Gasteiger partial charge < -0.3 is 14.6 Å². The smallest absolute Gasteiger partial charge is 0.293 e. The fraction of sp³-hybridized carbons (Fsp3) is 0.200. The van der Waals surface area contributed by atoms with Gasteiger partial charge in [-0.1, -0.05) is 12.1 Å². The van der Waals surface area contributed by atoms with Crippen molar-refractivity contribution in [3.05, 3.63) is 81.9 Å². The number of rotatable bonds is 8. The zero-order chi connectivity index (χ0) is 20.1. The third-order valence-electron chi connectivity index (χ3n) is 4.19. The summed E-state index contributed by atoms with van der Waals surface area (Å²) in [6, 6.07) is 11.8. The number of nitrogens with zero attached hydrogens (tertiary/aromatic N) is 3. The van der Waals surface area contributed by atoms with Crippen LogP contribution in [-0.2, 0) is 18.4 Å². The molecule has 0 spiro atoms. The van der Waals surface area contributed by atoms with Gasteiger partial charge in [0, 0.05) is 43.4 Å². The highest BCUT2D eigenvalue weighted by atomic mass is 16.6. The van der Waals surface area contributed by atoms with Gasteiger partial charge in [0.15, 0.2) is 5.82 Å². The molecule has 2 aromatic carbocycles. The quantitative estimate of drug-likeness (QED) is 0.362. The zero-order valence-corrected chi connectivity index (χ0v) is 15.6. The molecule has 0 saturated heterocycles. The minimum absolute atomic E-state index is 0.182. The van der Waals surface area contributed by atoms with Crippen molar-refractivity contribution in [2.75, 3.05) is 11.9 Å². The van der Waals surface area contributed by atoms with Crippen LogP contribution in [-0.4, -0.2) is 26.9 Å². The van der Waals surface area contributed by atoms with E-state index in [4.69, 9.17) is 4.74 Å². The van der Waals surface area contributed by atoms with E-state index in [2.05, 4.69) is 10.3 Å². The van der Waals surface area contributed by atoms with Gasteiger partial charge >= 0.3 is 0 Å². The molecule has 8 nitrogen and oxygen atoms in total. The van der Waals surface area contributed by atoms with Crippen LogP contribution in [0.25, 0.3) is 0 Å². The fourth-order valence-corrected chi connectivity index (χ4v) is 2.70. The minimum atomic E-state index is -0.513. The summed E-state index contributed by atoms with van der Waals surface area (Å²) in [4.78, 5) is 27.6. The van der Waals surface area contributed by atoms with Gasteiger partial charge in [0.25, 0.3) is 5.69 Å². The number of nitro groups is 1. The van der Waals surface area contributed by atoms with Crippen molar-refractivity contribution in [3.8, 4) is 0 Å². The van der Waals surface area contributed by atoms with Crippen LogP contribution in [0.1, 0.15) is 28.7 Å². The molecular weight excluding hydrogens is 360 g/mol. The summed E-state index contributed by atoms with van der Waals surface area (Å²) in [6.45, 7) is 3.08. The number of anilines is 2. The van der Waals surface area contributed by atoms with Crippen molar-refractivity contribution in [1.82, 2.24) is 9.55 Å². The Morgan fingerprint density at radius 2 is 2.00 bits per heavy atom.